The Balaban J connectivity index is 1.58. The Morgan fingerprint density at radius 3 is 2.73 bits per heavy atom. The van der Waals surface area contributed by atoms with Crippen LogP contribution >= 0.6 is 0 Å². The van der Waals surface area contributed by atoms with E-state index >= 15 is 0 Å². The summed E-state index contributed by atoms with van der Waals surface area (Å²) in [5.74, 6) is 0.558. The average Bonchev–Trinajstić information content (AvgIpc) is 3.47. The Hall–Kier alpha value is -3.87. The Morgan fingerprint density at radius 2 is 1.97 bits per heavy atom. The molecule has 2 aromatic carbocycles. The SMILES string of the molecule is COc1cccc(-c2nn(-c3ccccc3)cc2C(=O)NCCCn2cccn2)c1. The van der Waals surface area contributed by atoms with Gasteiger partial charge >= 0.3 is 0 Å². The lowest BCUT2D eigenvalue weighted by molar-refractivity contribution is 0.0953. The van der Waals surface area contributed by atoms with Crippen molar-refractivity contribution < 1.29 is 9.53 Å². The van der Waals surface area contributed by atoms with Crippen LogP contribution in [-0.4, -0.2) is 39.1 Å². The molecule has 0 atom stereocenters. The van der Waals surface area contributed by atoms with Gasteiger partial charge < -0.3 is 10.1 Å². The second kappa shape index (κ2) is 9.09. The molecule has 30 heavy (non-hydrogen) atoms. The van der Waals surface area contributed by atoms with E-state index in [-0.39, 0.29) is 5.91 Å². The summed E-state index contributed by atoms with van der Waals surface area (Å²) in [6.45, 7) is 1.30. The molecule has 7 heteroatoms. The summed E-state index contributed by atoms with van der Waals surface area (Å²) in [6, 6.07) is 19.2. The lowest BCUT2D eigenvalue weighted by Crippen LogP contribution is -2.25. The van der Waals surface area contributed by atoms with E-state index in [1.807, 2.05) is 71.5 Å². The third-order valence-electron chi connectivity index (χ3n) is 4.73. The predicted molar refractivity (Wildman–Crippen MR) is 115 cm³/mol. The highest BCUT2D eigenvalue weighted by Gasteiger charge is 2.19. The molecule has 0 radical (unpaired) electrons. The molecule has 0 aliphatic heterocycles. The molecule has 152 valence electrons. The Kier molecular flexibility index (Phi) is 5.89. The summed E-state index contributed by atoms with van der Waals surface area (Å²) in [7, 11) is 1.62. The maximum Gasteiger partial charge on any atom is 0.255 e. The highest BCUT2D eigenvalue weighted by molar-refractivity contribution is 6.00. The zero-order valence-electron chi connectivity index (χ0n) is 16.7. The van der Waals surface area contributed by atoms with Gasteiger partial charge in [0.15, 0.2) is 0 Å². The number of aryl methyl sites for hydroxylation is 1. The molecule has 1 amide bonds. The number of hydrogen-bond acceptors (Lipinski definition) is 4. The molecule has 0 saturated carbocycles. The van der Waals surface area contributed by atoms with Crippen LogP contribution in [-0.2, 0) is 6.54 Å². The van der Waals surface area contributed by atoms with Gasteiger partial charge in [0.2, 0.25) is 0 Å². The zero-order chi connectivity index (χ0) is 20.8. The summed E-state index contributed by atoms with van der Waals surface area (Å²) in [6.07, 6.45) is 6.21. The number of nitrogens with one attached hydrogen (secondary N) is 1. The number of methoxy groups -OCH3 is 1. The number of amides is 1. The fourth-order valence-electron chi connectivity index (χ4n) is 3.21. The number of carbonyl (C=O) groups is 1. The largest absolute Gasteiger partial charge is 0.497 e. The van der Waals surface area contributed by atoms with Crippen molar-refractivity contribution in [1.29, 1.82) is 0 Å². The summed E-state index contributed by atoms with van der Waals surface area (Å²) < 4.78 is 8.92. The third-order valence-corrected chi connectivity index (χ3v) is 4.73. The fraction of sp³-hybridized carbons (Fsp3) is 0.174. The number of benzene rings is 2. The summed E-state index contributed by atoms with van der Waals surface area (Å²) in [4.78, 5) is 13.0. The van der Waals surface area contributed by atoms with Gasteiger partial charge in [0.1, 0.15) is 11.4 Å². The van der Waals surface area contributed by atoms with Gasteiger partial charge in [0, 0.05) is 37.2 Å². The predicted octanol–water partition coefficient (Wildman–Crippen LogP) is 3.56. The lowest BCUT2D eigenvalue weighted by atomic mass is 10.1. The second-order valence-electron chi connectivity index (χ2n) is 6.78. The van der Waals surface area contributed by atoms with Gasteiger partial charge in [-0.15, -0.1) is 0 Å². The summed E-state index contributed by atoms with van der Waals surface area (Å²) >= 11 is 0. The van der Waals surface area contributed by atoms with Crippen molar-refractivity contribution in [3.05, 3.63) is 84.8 Å². The van der Waals surface area contributed by atoms with E-state index in [1.165, 1.54) is 0 Å². The smallest absolute Gasteiger partial charge is 0.255 e. The van der Waals surface area contributed by atoms with Crippen LogP contribution in [0.1, 0.15) is 16.8 Å². The summed E-state index contributed by atoms with van der Waals surface area (Å²) in [5, 5.41) is 11.9. The van der Waals surface area contributed by atoms with Gasteiger partial charge in [-0.05, 0) is 36.8 Å². The monoisotopic (exact) mass is 401 g/mol. The van der Waals surface area contributed by atoms with Crippen LogP contribution < -0.4 is 10.1 Å². The Morgan fingerprint density at radius 1 is 1.10 bits per heavy atom. The Bertz CT molecular complexity index is 1100. The quantitative estimate of drug-likeness (QED) is 0.458. The normalized spacial score (nSPS) is 10.7. The van der Waals surface area contributed by atoms with Crippen molar-refractivity contribution >= 4 is 5.91 Å². The van der Waals surface area contributed by atoms with Crippen LogP contribution in [0.2, 0.25) is 0 Å². The van der Waals surface area contributed by atoms with Crippen molar-refractivity contribution in [3.8, 4) is 22.7 Å². The van der Waals surface area contributed by atoms with Crippen LogP contribution in [0.3, 0.4) is 0 Å². The highest BCUT2D eigenvalue weighted by atomic mass is 16.5. The molecule has 0 spiro atoms. The minimum absolute atomic E-state index is 0.157. The van der Waals surface area contributed by atoms with E-state index < -0.39 is 0 Å². The molecule has 0 saturated heterocycles. The zero-order valence-corrected chi connectivity index (χ0v) is 16.7. The van der Waals surface area contributed by atoms with Crippen LogP contribution in [0.4, 0.5) is 0 Å². The second-order valence-corrected chi connectivity index (χ2v) is 6.78. The van der Waals surface area contributed by atoms with Crippen molar-refractivity contribution in [3.63, 3.8) is 0 Å². The van der Waals surface area contributed by atoms with E-state index in [0.29, 0.717) is 23.6 Å². The molecule has 2 aromatic heterocycles. The van der Waals surface area contributed by atoms with Crippen molar-refractivity contribution in [2.45, 2.75) is 13.0 Å². The molecular weight excluding hydrogens is 378 g/mol. The van der Waals surface area contributed by atoms with Crippen molar-refractivity contribution in [2.24, 2.45) is 0 Å². The van der Waals surface area contributed by atoms with Crippen molar-refractivity contribution in [2.75, 3.05) is 13.7 Å². The summed E-state index contributed by atoms with van der Waals surface area (Å²) in [5.41, 5.74) is 2.85. The first-order chi connectivity index (χ1) is 14.7. The molecular formula is C23H23N5O2. The molecule has 1 N–H and O–H groups in total. The van der Waals surface area contributed by atoms with E-state index in [1.54, 1.807) is 24.2 Å². The number of nitrogens with zero attached hydrogens (tertiary/aromatic N) is 4. The maximum absolute atomic E-state index is 13.0. The molecule has 2 heterocycles. The molecule has 0 fully saturated rings. The van der Waals surface area contributed by atoms with Gasteiger partial charge in [-0.3, -0.25) is 9.48 Å². The topological polar surface area (TPSA) is 74.0 Å². The van der Waals surface area contributed by atoms with Gasteiger partial charge in [-0.25, -0.2) is 4.68 Å². The number of rotatable bonds is 8. The average molecular weight is 401 g/mol. The molecule has 4 rings (SSSR count). The van der Waals surface area contributed by atoms with Crippen LogP contribution in [0, 0.1) is 0 Å². The van der Waals surface area contributed by atoms with E-state index in [0.717, 1.165) is 24.2 Å². The van der Waals surface area contributed by atoms with Gasteiger partial charge in [0.05, 0.1) is 18.4 Å². The van der Waals surface area contributed by atoms with E-state index in [9.17, 15) is 4.79 Å². The Labute approximate surface area is 174 Å². The van der Waals surface area contributed by atoms with Crippen LogP contribution in [0.15, 0.2) is 79.3 Å². The molecule has 7 nitrogen and oxygen atoms in total. The van der Waals surface area contributed by atoms with Crippen LogP contribution in [0.5, 0.6) is 5.75 Å². The number of ether oxygens (including phenoxy) is 1. The molecule has 0 bridgehead atoms. The van der Waals surface area contributed by atoms with Gasteiger partial charge in [-0.2, -0.15) is 10.2 Å². The minimum Gasteiger partial charge on any atom is -0.497 e. The number of carbonyl (C=O) groups excluding carboxylic acids is 1. The standard InChI is InChI=1S/C23H23N5O2/c1-30-20-11-5-8-18(16-20)22-21(17-28(26-22)19-9-3-2-4-10-19)23(29)24-12-6-14-27-15-7-13-25-27/h2-5,7-11,13,15-17H,6,12,14H2,1H3,(H,24,29). The van der Waals surface area contributed by atoms with Crippen molar-refractivity contribution in [1.82, 2.24) is 24.9 Å². The first-order valence-electron chi connectivity index (χ1n) is 9.80. The van der Waals surface area contributed by atoms with Gasteiger partial charge in [-0.1, -0.05) is 30.3 Å². The minimum atomic E-state index is -0.157. The number of hydrogen-bond donors (Lipinski definition) is 1. The van der Waals surface area contributed by atoms with Gasteiger partial charge in [0.25, 0.3) is 5.91 Å². The van der Waals surface area contributed by atoms with E-state index in [2.05, 4.69) is 10.4 Å². The maximum atomic E-state index is 13.0. The lowest BCUT2D eigenvalue weighted by Gasteiger charge is -2.07. The molecule has 4 aromatic rings. The van der Waals surface area contributed by atoms with Crippen LogP contribution in [0.25, 0.3) is 16.9 Å². The molecule has 0 unspecified atom stereocenters. The number of aromatic nitrogens is 4. The first-order valence-corrected chi connectivity index (χ1v) is 9.80. The fourth-order valence-corrected chi connectivity index (χ4v) is 3.21. The van der Waals surface area contributed by atoms with E-state index in [4.69, 9.17) is 9.84 Å². The molecule has 0 aliphatic rings. The molecule has 0 aliphatic carbocycles. The number of para-hydroxylation sites is 1. The highest BCUT2D eigenvalue weighted by Crippen LogP contribution is 2.27. The third kappa shape index (κ3) is 4.41. The first kappa shape index (κ1) is 19.4.